The van der Waals surface area contributed by atoms with Crippen molar-refractivity contribution < 1.29 is 9.53 Å². The van der Waals surface area contributed by atoms with Gasteiger partial charge in [-0.15, -0.1) is 0 Å². The molecule has 1 heterocycles. The van der Waals surface area contributed by atoms with Crippen molar-refractivity contribution in [1.29, 1.82) is 0 Å². The van der Waals surface area contributed by atoms with E-state index in [1.54, 1.807) is 6.20 Å². The number of ether oxygens (including phenoxy) is 1. The Balaban J connectivity index is 2.58. The molecule has 0 saturated carbocycles. The number of pyridine rings is 1. The minimum Gasteiger partial charge on any atom is -0.444 e. The minimum atomic E-state index is -0.521. The van der Waals surface area contributed by atoms with Crippen LogP contribution >= 0.6 is 0 Å². The number of carbonyl (C=O) groups is 1. The molecule has 1 amide bonds. The maximum atomic E-state index is 11.9. The van der Waals surface area contributed by atoms with Crippen molar-refractivity contribution in [3.05, 3.63) is 30.1 Å². The van der Waals surface area contributed by atoms with E-state index in [2.05, 4.69) is 25.9 Å². The summed E-state index contributed by atoms with van der Waals surface area (Å²) in [6.45, 7) is 13.1. The van der Waals surface area contributed by atoms with Crippen molar-refractivity contribution >= 4 is 12.1 Å². The molecule has 0 aliphatic heterocycles. The van der Waals surface area contributed by atoms with Crippen molar-refractivity contribution in [2.75, 3.05) is 13.1 Å². The molecule has 25 heavy (non-hydrogen) atoms. The van der Waals surface area contributed by atoms with Gasteiger partial charge in [-0.3, -0.25) is 4.98 Å². The SMILES string of the molecule is CCNC(=NCc1ccccn1)NCC(C)(C)NC(=O)OC(C)(C)C. The van der Waals surface area contributed by atoms with Crippen LogP contribution in [0.3, 0.4) is 0 Å². The van der Waals surface area contributed by atoms with E-state index in [9.17, 15) is 4.79 Å². The molecule has 140 valence electrons. The summed E-state index contributed by atoms with van der Waals surface area (Å²) in [7, 11) is 0. The maximum Gasteiger partial charge on any atom is 0.408 e. The first kappa shape index (κ1) is 20.7. The molecular weight excluding hydrogens is 318 g/mol. The summed E-state index contributed by atoms with van der Waals surface area (Å²) >= 11 is 0. The normalized spacial score (nSPS) is 12.5. The van der Waals surface area contributed by atoms with E-state index < -0.39 is 17.2 Å². The van der Waals surface area contributed by atoms with Crippen LogP contribution in [0.5, 0.6) is 0 Å². The molecule has 1 rings (SSSR count). The largest absolute Gasteiger partial charge is 0.444 e. The van der Waals surface area contributed by atoms with Crippen LogP contribution in [0.4, 0.5) is 4.79 Å². The lowest BCUT2D eigenvalue weighted by atomic mass is 10.1. The van der Waals surface area contributed by atoms with Gasteiger partial charge in [0, 0.05) is 19.3 Å². The number of aromatic nitrogens is 1. The second kappa shape index (κ2) is 9.25. The second-order valence-electron chi connectivity index (χ2n) is 7.38. The van der Waals surface area contributed by atoms with Crippen LogP contribution < -0.4 is 16.0 Å². The number of nitrogens with zero attached hydrogens (tertiary/aromatic N) is 2. The third-order valence-electron chi connectivity index (χ3n) is 3.01. The molecule has 3 N–H and O–H groups in total. The van der Waals surface area contributed by atoms with Gasteiger partial charge >= 0.3 is 6.09 Å². The molecule has 0 radical (unpaired) electrons. The Morgan fingerprint density at radius 2 is 1.92 bits per heavy atom. The summed E-state index contributed by atoms with van der Waals surface area (Å²) < 4.78 is 5.30. The smallest absolute Gasteiger partial charge is 0.408 e. The molecule has 0 aliphatic carbocycles. The third-order valence-corrected chi connectivity index (χ3v) is 3.01. The van der Waals surface area contributed by atoms with Gasteiger partial charge in [0.25, 0.3) is 0 Å². The molecule has 0 fully saturated rings. The number of carbonyl (C=O) groups excluding carboxylic acids is 1. The van der Waals surface area contributed by atoms with Gasteiger partial charge in [0.15, 0.2) is 5.96 Å². The minimum absolute atomic E-state index is 0.435. The monoisotopic (exact) mass is 349 g/mol. The van der Waals surface area contributed by atoms with Gasteiger partial charge in [-0.25, -0.2) is 9.79 Å². The Kier molecular flexibility index (Phi) is 7.67. The number of aliphatic imine (C=N–C) groups is 1. The van der Waals surface area contributed by atoms with Gasteiger partial charge in [0.1, 0.15) is 5.60 Å². The van der Waals surface area contributed by atoms with E-state index in [1.807, 2.05) is 59.7 Å². The molecule has 1 aromatic heterocycles. The predicted molar refractivity (Wildman–Crippen MR) is 101 cm³/mol. The van der Waals surface area contributed by atoms with E-state index in [-0.39, 0.29) is 0 Å². The van der Waals surface area contributed by atoms with Crippen molar-refractivity contribution in [2.45, 2.75) is 59.2 Å². The first-order valence-electron chi connectivity index (χ1n) is 8.54. The maximum absolute atomic E-state index is 11.9. The number of amides is 1. The summed E-state index contributed by atoms with van der Waals surface area (Å²) in [4.78, 5) is 20.7. The quantitative estimate of drug-likeness (QED) is 0.542. The van der Waals surface area contributed by atoms with Gasteiger partial charge in [-0.1, -0.05) is 6.07 Å². The second-order valence-corrected chi connectivity index (χ2v) is 7.38. The number of alkyl carbamates (subject to hydrolysis) is 1. The Morgan fingerprint density at radius 3 is 2.48 bits per heavy atom. The van der Waals surface area contributed by atoms with Gasteiger partial charge in [0.2, 0.25) is 0 Å². The highest BCUT2D eigenvalue weighted by molar-refractivity contribution is 5.80. The highest BCUT2D eigenvalue weighted by Crippen LogP contribution is 2.09. The van der Waals surface area contributed by atoms with Crippen LogP contribution in [0.15, 0.2) is 29.4 Å². The standard InChI is InChI=1S/C18H31N5O2/c1-7-19-15(21-12-14-10-8-9-11-20-14)22-13-18(5,6)23-16(24)25-17(2,3)4/h8-11H,7,12-13H2,1-6H3,(H,23,24)(H2,19,21,22). The van der Waals surface area contributed by atoms with E-state index in [0.29, 0.717) is 19.0 Å². The summed E-state index contributed by atoms with van der Waals surface area (Å²) in [6.07, 6.45) is 1.31. The van der Waals surface area contributed by atoms with E-state index >= 15 is 0 Å². The van der Waals surface area contributed by atoms with Gasteiger partial charge in [-0.05, 0) is 53.7 Å². The Hall–Kier alpha value is -2.31. The Bertz CT molecular complexity index is 565. The van der Waals surface area contributed by atoms with Crippen molar-refractivity contribution in [2.24, 2.45) is 4.99 Å². The third kappa shape index (κ3) is 9.54. The highest BCUT2D eigenvalue weighted by Gasteiger charge is 2.24. The van der Waals surface area contributed by atoms with Crippen LogP contribution in [0.2, 0.25) is 0 Å². The predicted octanol–water partition coefficient (Wildman–Crippen LogP) is 2.44. The van der Waals surface area contributed by atoms with Crippen LogP contribution in [-0.2, 0) is 11.3 Å². The van der Waals surface area contributed by atoms with Gasteiger partial charge in [0.05, 0.1) is 17.8 Å². The Labute approximate surface area is 150 Å². The van der Waals surface area contributed by atoms with Crippen molar-refractivity contribution in [1.82, 2.24) is 20.9 Å². The van der Waals surface area contributed by atoms with E-state index in [1.165, 1.54) is 0 Å². The van der Waals surface area contributed by atoms with Crippen LogP contribution in [0, 0.1) is 0 Å². The molecule has 7 nitrogen and oxygen atoms in total. The molecule has 0 unspecified atom stereocenters. The lowest BCUT2D eigenvalue weighted by Crippen LogP contribution is -2.54. The summed E-state index contributed by atoms with van der Waals surface area (Å²) in [5, 5.41) is 9.29. The average Bonchev–Trinajstić information content (AvgIpc) is 2.48. The van der Waals surface area contributed by atoms with Gasteiger partial charge < -0.3 is 20.7 Å². The first-order valence-corrected chi connectivity index (χ1v) is 8.54. The molecular formula is C18H31N5O2. The fourth-order valence-electron chi connectivity index (χ4n) is 1.92. The lowest BCUT2D eigenvalue weighted by Gasteiger charge is -2.29. The van der Waals surface area contributed by atoms with Crippen LogP contribution in [0.25, 0.3) is 0 Å². The number of guanidine groups is 1. The summed E-state index contributed by atoms with van der Waals surface area (Å²) in [5.74, 6) is 0.673. The average molecular weight is 349 g/mol. The number of rotatable bonds is 6. The number of nitrogens with one attached hydrogen (secondary N) is 3. The zero-order valence-corrected chi connectivity index (χ0v) is 16.1. The molecule has 0 saturated heterocycles. The van der Waals surface area contributed by atoms with Crippen LogP contribution in [-0.4, -0.2) is 41.3 Å². The molecule has 0 atom stereocenters. The van der Waals surface area contributed by atoms with Crippen molar-refractivity contribution in [3.8, 4) is 0 Å². The Morgan fingerprint density at radius 1 is 1.20 bits per heavy atom. The topological polar surface area (TPSA) is 87.6 Å². The fourth-order valence-corrected chi connectivity index (χ4v) is 1.92. The molecule has 0 aliphatic rings. The number of hydrogen-bond acceptors (Lipinski definition) is 4. The molecule has 7 heteroatoms. The lowest BCUT2D eigenvalue weighted by molar-refractivity contribution is 0.0474. The highest BCUT2D eigenvalue weighted by atomic mass is 16.6. The molecule has 1 aromatic rings. The van der Waals surface area contributed by atoms with Crippen LogP contribution in [0.1, 0.15) is 47.2 Å². The fraction of sp³-hybridized carbons (Fsp3) is 0.611. The van der Waals surface area contributed by atoms with Crippen molar-refractivity contribution in [3.63, 3.8) is 0 Å². The van der Waals surface area contributed by atoms with E-state index in [0.717, 1.165) is 12.2 Å². The first-order chi connectivity index (χ1) is 11.6. The number of hydrogen-bond donors (Lipinski definition) is 3. The van der Waals surface area contributed by atoms with Gasteiger partial charge in [-0.2, -0.15) is 0 Å². The molecule has 0 spiro atoms. The summed E-state index contributed by atoms with van der Waals surface area (Å²) in [5.41, 5.74) is -0.123. The molecule has 0 aromatic carbocycles. The zero-order chi connectivity index (χ0) is 18.9. The molecule has 0 bridgehead atoms. The zero-order valence-electron chi connectivity index (χ0n) is 16.1. The van der Waals surface area contributed by atoms with E-state index in [4.69, 9.17) is 4.74 Å². The summed E-state index contributed by atoms with van der Waals surface area (Å²) in [6, 6.07) is 5.74.